The number of carbonyl (C=O) groups excluding carboxylic acids is 1. The third-order valence-electron chi connectivity index (χ3n) is 2.80. The predicted octanol–water partition coefficient (Wildman–Crippen LogP) is 2.22. The highest BCUT2D eigenvalue weighted by atomic mass is 16.5. The van der Waals surface area contributed by atoms with E-state index < -0.39 is 0 Å². The maximum Gasteiger partial charge on any atom is 0.258 e. The summed E-state index contributed by atoms with van der Waals surface area (Å²) in [5, 5.41) is 10.7. The minimum Gasteiger partial charge on any atom is -0.484 e. The number of hydrogen-bond donors (Lipinski definition) is 1. The standard InChI is InChI=1S/C14H18N2O2/c1-3-11(2)12-4-6-13(7-5-12)18-10-14(17)16-9-8-15/h4-7,11H,3,9-10H2,1-2H3,(H,16,17). The minimum absolute atomic E-state index is 0.00907. The highest BCUT2D eigenvalue weighted by Gasteiger charge is 2.04. The highest BCUT2D eigenvalue weighted by molar-refractivity contribution is 5.77. The third kappa shape index (κ3) is 4.46. The zero-order chi connectivity index (χ0) is 13.4. The predicted molar refractivity (Wildman–Crippen MR) is 69.3 cm³/mol. The van der Waals surface area contributed by atoms with E-state index in [1.807, 2.05) is 30.3 Å². The number of nitrogens with one attached hydrogen (secondary N) is 1. The molecule has 1 unspecified atom stereocenters. The lowest BCUT2D eigenvalue weighted by Gasteiger charge is -2.10. The van der Waals surface area contributed by atoms with Crippen LogP contribution in [0.4, 0.5) is 0 Å². The number of nitrogens with zero attached hydrogens (tertiary/aromatic N) is 1. The Labute approximate surface area is 108 Å². The third-order valence-corrected chi connectivity index (χ3v) is 2.80. The summed E-state index contributed by atoms with van der Waals surface area (Å²) >= 11 is 0. The Bertz CT molecular complexity index is 420. The van der Waals surface area contributed by atoms with Crippen molar-refractivity contribution < 1.29 is 9.53 Å². The van der Waals surface area contributed by atoms with E-state index >= 15 is 0 Å². The van der Waals surface area contributed by atoms with Crippen molar-refractivity contribution in [3.8, 4) is 11.8 Å². The number of hydrogen-bond acceptors (Lipinski definition) is 3. The lowest BCUT2D eigenvalue weighted by Crippen LogP contribution is -2.28. The molecule has 1 aromatic carbocycles. The Morgan fingerprint density at radius 2 is 2.11 bits per heavy atom. The number of rotatable bonds is 6. The molecule has 1 N–H and O–H groups in total. The summed E-state index contributed by atoms with van der Waals surface area (Å²) in [5.74, 6) is 0.898. The molecule has 4 heteroatoms. The lowest BCUT2D eigenvalue weighted by molar-refractivity contribution is -0.122. The molecular weight excluding hydrogens is 228 g/mol. The Hall–Kier alpha value is -2.02. The summed E-state index contributed by atoms with van der Waals surface area (Å²) < 4.78 is 5.31. The molecule has 0 spiro atoms. The molecule has 0 fully saturated rings. The second-order valence-electron chi connectivity index (χ2n) is 4.10. The first-order chi connectivity index (χ1) is 8.67. The van der Waals surface area contributed by atoms with Gasteiger partial charge in [0, 0.05) is 0 Å². The molecular formula is C14H18N2O2. The number of benzene rings is 1. The average Bonchev–Trinajstić information content (AvgIpc) is 2.42. The second kappa shape index (κ2) is 7.33. The first-order valence-corrected chi connectivity index (χ1v) is 6.03. The molecule has 0 aliphatic heterocycles. The molecule has 96 valence electrons. The van der Waals surface area contributed by atoms with E-state index in [0.717, 1.165) is 6.42 Å². The maximum atomic E-state index is 11.2. The lowest BCUT2D eigenvalue weighted by atomic mass is 9.99. The monoisotopic (exact) mass is 246 g/mol. The van der Waals surface area contributed by atoms with Crippen LogP contribution in [0.1, 0.15) is 31.7 Å². The summed E-state index contributed by atoms with van der Waals surface area (Å²) in [5.41, 5.74) is 1.26. The van der Waals surface area contributed by atoms with Crippen LogP contribution in [0.3, 0.4) is 0 Å². The van der Waals surface area contributed by atoms with Crippen molar-refractivity contribution in [3.63, 3.8) is 0 Å². The van der Waals surface area contributed by atoms with Gasteiger partial charge in [-0.15, -0.1) is 0 Å². The van der Waals surface area contributed by atoms with Gasteiger partial charge in [-0.25, -0.2) is 0 Å². The van der Waals surface area contributed by atoms with E-state index in [-0.39, 0.29) is 19.1 Å². The molecule has 1 aromatic rings. The zero-order valence-electron chi connectivity index (χ0n) is 10.8. The molecule has 0 aliphatic rings. The molecule has 0 heterocycles. The Morgan fingerprint density at radius 3 is 2.67 bits per heavy atom. The summed E-state index contributed by atoms with van der Waals surface area (Å²) in [7, 11) is 0. The van der Waals surface area contributed by atoms with Crippen molar-refractivity contribution in [3.05, 3.63) is 29.8 Å². The molecule has 0 aromatic heterocycles. The summed E-state index contributed by atoms with van der Waals surface area (Å²) in [6, 6.07) is 9.58. The summed E-state index contributed by atoms with van der Waals surface area (Å²) in [6.45, 7) is 4.26. The molecule has 0 radical (unpaired) electrons. The quantitative estimate of drug-likeness (QED) is 0.783. The topological polar surface area (TPSA) is 62.1 Å². The van der Waals surface area contributed by atoms with Gasteiger partial charge in [0.15, 0.2) is 6.61 Å². The van der Waals surface area contributed by atoms with Crippen LogP contribution in [0.2, 0.25) is 0 Å². The Morgan fingerprint density at radius 1 is 1.44 bits per heavy atom. The first-order valence-electron chi connectivity index (χ1n) is 6.03. The molecule has 1 atom stereocenters. The molecule has 0 aliphatic carbocycles. The highest BCUT2D eigenvalue weighted by Crippen LogP contribution is 2.21. The zero-order valence-corrected chi connectivity index (χ0v) is 10.8. The van der Waals surface area contributed by atoms with Gasteiger partial charge in [0.05, 0.1) is 6.07 Å². The SMILES string of the molecule is CCC(C)c1ccc(OCC(=O)NCC#N)cc1. The van der Waals surface area contributed by atoms with Crippen LogP contribution in [-0.4, -0.2) is 19.1 Å². The van der Waals surface area contributed by atoms with Crippen molar-refractivity contribution in [1.82, 2.24) is 5.32 Å². The number of ether oxygens (including phenoxy) is 1. The van der Waals surface area contributed by atoms with E-state index in [1.165, 1.54) is 5.56 Å². The average molecular weight is 246 g/mol. The summed E-state index contributed by atoms with van der Waals surface area (Å²) in [6.07, 6.45) is 1.09. The van der Waals surface area contributed by atoms with Gasteiger partial charge in [-0.05, 0) is 30.0 Å². The van der Waals surface area contributed by atoms with Crippen LogP contribution >= 0.6 is 0 Å². The van der Waals surface area contributed by atoms with Crippen LogP contribution in [0.5, 0.6) is 5.75 Å². The Balaban J connectivity index is 2.44. The molecule has 0 bridgehead atoms. The number of amides is 1. The van der Waals surface area contributed by atoms with Gasteiger partial charge in [0.25, 0.3) is 5.91 Å². The van der Waals surface area contributed by atoms with Gasteiger partial charge >= 0.3 is 0 Å². The van der Waals surface area contributed by atoms with Crippen LogP contribution in [0.25, 0.3) is 0 Å². The fourth-order valence-electron chi connectivity index (χ4n) is 1.47. The smallest absolute Gasteiger partial charge is 0.258 e. The van der Waals surface area contributed by atoms with Gasteiger partial charge < -0.3 is 10.1 Å². The second-order valence-corrected chi connectivity index (χ2v) is 4.10. The molecule has 1 rings (SSSR count). The van der Waals surface area contributed by atoms with Gasteiger partial charge in [-0.1, -0.05) is 26.0 Å². The molecule has 0 saturated heterocycles. The van der Waals surface area contributed by atoms with E-state index in [9.17, 15) is 4.79 Å². The number of carbonyl (C=O) groups is 1. The fourth-order valence-corrected chi connectivity index (χ4v) is 1.47. The van der Waals surface area contributed by atoms with Crippen molar-refractivity contribution in [2.75, 3.05) is 13.2 Å². The van der Waals surface area contributed by atoms with Crippen LogP contribution < -0.4 is 10.1 Å². The van der Waals surface area contributed by atoms with E-state index in [2.05, 4.69) is 19.2 Å². The van der Waals surface area contributed by atoms with E-state index in [1.54, 1.807) is 0 Å². The Kier molecular flexibility index (Phi) is 5.72. The molecule has 0 saturated carbocycles. The van der Waals surface area contributed by atoms with E-state index in [4.69, 9.17) is 10.00 Å². The van der Waals surface area contributed by atoms with Crippen molar-refractivity contribution in [1.29, 1.82) is 5.26 Å². The van der Waals surface area contributed by atoms with Gasteiger partial charge in [0.1, 0.15) is 12.3 Å². The van der Waals surface area contributed by atoms with Crippen LogP contribution in [0, 0.1) is 11.3 Å². The van der Waals surface area contributed by atoms with Gasteiger partial charge in [-0.3, -0.25) is 4.79 Å². The fraction of sp³-hybridized carbons (Fsp3) is 0.429. The molecule has 18 heavy (non-hydrogen) atoms. The normalized spacial score (nSPS) is 11.4. The van der Waals surface area contributed by atoms with Gasteiger partial charge in [-0.2, -0.15) is 5.26 Å². The largest absolute Gasteiger partial charge is 0.484 e. The number of nitriles is 1. The van der Waals surface area contributed by atoms with Crippen molar-refractivity contribution in [2.24, 2.45) is 0 Å². The van der Waals surface area contributed by atoms with Crippen LogP contribution in [0.15, 0.2) is 24.3 Å². The molecule has 1 amide bonds. The summed E-state index contributed by atoms with van der Waals surface area (Å²) in [4.78, 5) is 11.2. The maximum absolute atomic E-state index is 11.2. The minimum atomic E-state index is -0.289. The van der Waals surface area contributed by atoms with Crippen molar-refractivity contribution >= 4 is 5.91 Å². The van der Waals surface area contributed by atoms with Crippen LogP contribution in [-0.2, 0) is 4.79 Å². The first kappa shape index (κ1) is 14.0. The van der Waals surface area contributed by atoms with E-state index in [0.29, 0.717) is 11.7 Å². The van der Waals surface area contributed by atoms with Gasteiger partial charge in [0.2, 0.25) is 0 Å². The van der Waals surface area contributed by atoms with Crippen molar-refractivity contribution in [2.45, 2.75) is 26.2 Å². The molecule has 4 nitrogen and oxygen atoms in total.